The number of hydrogen-bond donors (Lipinski definition) is 1. The molecule has 1 aromatic rings. The van der Waals surface area contributed by atoms with E-state index in [2.05, 4.69) is 28.8 Å². The van der Waals surface area contributed by atoms with Crippen LogP contribution in [-0.4, -0.2) is 33.5 Å². The van der Waals surface area contributed by atoms with Gasteiger partial charge >= 0.3 is 0 Å². The number of carbonyl (C=O) groups excluding carboxylic acids is 1. The van der Waals surface area contributed by atoms with E-state index in [1.807, 2.05) is 11.8 Å². The topological polar surface area (TPSA) is 58.1 Å². The van der Waals surface area contributed by atoms with Crippen LogP contribution in [-0.2, 0) is 11.3 Å². The minimum absolute atomic E-state index is 0.240. The van der Waals surface area contributed by atoms with Crippen LogP contribution in [0.3, 0.4) is 0 Å². The number of nitrogens with zero attached hydrogens (tertiary/aromatic N) is 3. The number of amides is 1. The summed E-state index contributed by atoms with van der Waals surface area (Å²) in [5.41, 5.74) is 0.889. The lowest BCUT2D eigenvalue weighted by atomic mass is 9.95. The summed E-state index contributed by atoms with van der Waals surface area (Å²) < 4.78 is 3.95. The fraction of sp³-hybridized carbons (Fsp3) is 0.750. The lowest BCUT2D eigenvalue weighted by Gasteiger charge is -2.17. The van der Waals surface area contributed by atoms with Crippen LogP contribution in [0.5, 0.6) is 0 Å². The van der Waals surface area contributed by atoms with Crippen LogP contribution in [0.4, 0.5) is 5.00 Å². The second kappa shape index (κ2) is 5.65. The van der Waals surface area contributed by atoms with Crippen molar-refractivity contribution in [3.63, 3.8) is 0 Å². The Kier molecular flexibility index (Phi) is 4.16. The van der Waals surface area contributed by atoms with Crippen molar-refractivity contribution in [1.82, 2.24) is 14.5 Å². The summed E-state index contributed by atoms with van der Waals surface area (Å²) in [7, 11) is 0. The number of likely N-dealkylation sites (tertiary alicyclic amines) is 1. The standard InChI is InChI=1S/C12H20N4OS/c1-4-13-12-10(14-15-18-12)7-16-6-9(8(2)3)5-11(16)17/h8-9,13H,4-7H2,1-3H3. The maximum Gasteiger partial charge on any atom is 0.223 e. The molecule has 1 unspecified atom stereocenters. The fourth-order valence-electron chi connectivity index (χ4n) is 2.19. The minimum atomic E-state index is 0.240. The number of rotatable bonds is 5. The van der Waals surface area contributed by atoms with E-state index in [1.54, 1.807) is 0 Å². The lowest BCUT2D eigenvalue weighted by Crippen LogP contribution is -2.25. The van der Waals surface area contributed by atoms with Crippen molar-refractivity contribution in [3.8, 4) is 0 Å². The van der Waals surface area contributed by atoms with Gasteiger partial charge in [0, 0.05) is 31.0 Å². The quantitative estimate of drug-likeness (QED) is 0.887. The van der Waals surface area contributed by atoms with Gasteiger partial charge in [-0.3, -0.25) is 4.79 Å². The molecule has 0 aliphatic carbocycles. The summed E-state index contributed by atoms with van der Waals surface area (Å²) in [6, 6.07) is 0. The van der Waals surface area contributed by atoms with Crippen molar-refractivity contribution < 1.29 is 4.79 Å². The molecule has 1 saturated heterocycles. The zero-order chi connectivity index (χ0) is 13.1. The van der Waals surface area contributed by atoms with Crippen molar-refractivity contribution in [3.05, 3.63) is 5.69 Å². The highest BCUT2D eigenvalue weighted by Gasteiger charge is 2.32. The Morgan fingerprint density at radius 1 is 1.56 bits per heavy atom. The number of carbonyl (C=O) groups is 1. The van der Waals surface area contributed by atoms with E-state index in [0.717, 1.165) is 23.8 Å². The monoisotopic (exact) mass is 268 g/mol. The molecule has 1 aliphatic heterocycles. The zero-order valence-electron chi connectivity index (χ0n) is 11.1. The number of aromatic nitrogens is 2. The summed E-state index contributed by atoms with van der Waals surface area (Å²) in [5.74, 6) is 1.27. The smallest absolute Gasteiger partial charge is 0.223 e. The number of nitrogens with one attached hydrogen (secondary N) is 1. The van der Waals surface area contributed by atoms with Gasteiger partial charge < -0.3 is 10.2 Å². The zero-order valence-corrected chi connectivity index (χ0v) is 12.0. The molecule has 1 N–H and O–H groups in total. The number of anilines is 1. The molecule has 1 amide bonds. The predicted molar refractivity (Wildman–Crippen MR) is 72.4 cm³/mol. The van der Waals surface area contributed by atoms with E-state index in [-0.39, 0.29) is 5.91 Å². The van der Waals surface area contributed by atoms with Crippen molar-refractivity contribution in [2.45, 2.75) is 33.7 Å². The summed E-state index contributed by atoms with van der Waals surface area (Å²) in [4.78, 5) is 13.9. The molecule has 1 atom stereocenters. The molecule has 0 aromatic carbocycles. The van der Waals surface area contributed by atoms with Crippen LogP contribution in [0, 0.1) is 11.8 Å². The normalized spacial score (nSPS) is 19.9. The van der Waals surface area contributed by atoms with E-state index in [9.17, 15) is 4.79 Å². The van der Waals surface area contributed by atoms with Crippen LogP contribution in [0.2, 0.25) is 0 Å². The molecule has 0 spiro atoms. The van der Waals surface area contributed by atoms with E-state index < -0.39 is 0 Å². The van der Waals surface area contributed by atoms with E-state index in [0.29, 0.717) is 24.8 Å². The summed E-state index contributed by atoms with van der Waals surface area (Å²) in [6.45, 7) is 8.67. The molecule has 0 radical (unpaired) electrons. The SMILES string of the molecule is CCNc1snnc1CN1CC(C(C)C)CC1=O. The van der Waals surface area contributed by atoms with Crippen LogP contribution >= 0.6 is 11.5 Å². The second-order valence-corrected chi connectivity index (χ2v) is 5.82. The Morgan fingerprint density at radius 2 is 2.33 bits per heavy atom. The fourth-order valence-corrected chi connectivity index (χ4v) is 2.83. The first-order valence-corrected chi connectivity index (χ1v) is 7.22. The van der Waals surface area contributed by atoms with Gasteiger partial charge in [-0.1, -0.05) is 18.3 Å². The second-order valence-electron chi connectivity index (χ2n) is 5.06. The van der Waals surface area contributed by atoms with Gasteiger partial charge in [-0.25, -0.2) is 0 Å². The molecule has 0 bridgehead atoms. The Morgan fingerprint density at radius 3 is 2.94 bits per heavy atom. The van der Waals surface area contributed by atoms with Gasteiger partial charge in [0.25, 0.3) is 0 Å². The van der Waals surface area contributed by atoms with Crippen molar-refractivity contribution in [2.24, 2.45) is 11.8 Å². The molecule has 18 heavy (non-hydrogen) atoms. The van der Waals surface area contributed by atoms with Gasteiger partial charge in [-0.15, -0.1) is 5.10 Å². The summed E-state index contributed by atoms with van der Waals surface area (Å²) in [6.07, 6.45) is 0.672. The highest BCUT2D eigenvalue weighted by Crippen LogP contribution is 2.27. The highest BCUT2D eigenvalue weighted by atomic mass is 32.1. The van der Waals surface area contributed by atoms with Gasteiger partial charge in [0.2, 0.25) is 5.91 Å². The maximum absolute atomic E-state index is 11.9. The van der Waals surface area contributed by atoms with E-state index in [4.69, 9.17) is 0 Å². The van der Waals surface area contributed by atoms with E-state index in [1.165, 1.54) is 11.5 Å². The average molecular weight is 268 g/mol. The lowest BCUT2D eigenvalue weighted by molar-refractivity contribution is -0.128. The maximum atomic E-state index is 11.9. The largest absolute Gasteiger partial charge is 0.374 e. The third-order valence-electron chi connectivity index (χ3n) is 3.42. The Hall–Kier alpha value is -1.17. The van der Waals surface area contributed by atoms with Crippen molar-refractivity contribution in [1.29, 1.82) is 0 Å². The molecule has 5 nitrogen and oxygen atoms in total. The van der Waals surface area contributed by atoms with Crippen LogP contribution in [0.25, 0.3) is 0 Å². The number of hydrogen-bond acceptors (Lipinski definition) is 5. The Bertz CT molecular complexity index is 418. The molecule has 0 saturated carbocycles. The summed E-state index contributed by atoms with van der Waals surface area (Å²) in [5, 5.41) is 8.33. The molecule has 2 rings (SSSR count). The Balaban J connectivity index is 2.01. The molecule has 6 heteroatoms. The van der Waals surface area contributed by atoms with Gasteiger partial charge in [-0.05, 0) is 18.8 Å². The molecule has 100 valence electrons. The van der Waals surface area contributed by atoms with Gasteiger partial charge in [0.15, 0.2) is 0 Å². The van der Waals surface area contributed by atoms with Gasteiger partial charge in [-0.2, -0.15) is 0 Å². The molecule has 2 heterocycles. The van der Waals surface area contributed by atoms with E-state index >= 15 is 0 Å². The predicted octanol–water partition coefficient (Wildman–Crippen LogP) is 1.97. The van der Waals surface area contributed by atoms with Crippen LogP contribution in [0.15, 0.2) is 0 Å². The van der Waals surface area contributed by atoms with Gasteiger partial charge in [0.1, 0.15) is 10.7 Å². The molecular formula is C12H20N4OS. The molecule has 1 aliphatic rings. The first-order valence-electron chi connectivity index (χ1n) is 6.44. The van der Waals surface area contributed by atoms with Crippen molar-refractivity contribution >= 4 is 22.4 Å². The highest BCUT2D eigenvalue weighted by molar-refractivity contribution is 7.10. The van der Waals surface area contributed by atoms with Crippen LogP contribution < -0.4 is 5.32 Å². The molecule has 1 aromatic heterocycles. The third-order valence-corrected chi connectivity index (χ3v) is 4.15. The van der Waals surface area contributed by atoms with Gasteiger partial charge in [0.05, 0.1) is 6.54 Å². The Labute approximate surface area is 112 Å². The average Bonchev–Trinajstić information content (AvgIpc) is 2.89. The third kappa shape index (κ3) is 2.80. The van der Waals surface area contributed by atoms with Crippen molar-refractivity contribution in [2.75, 3.05) is 18.4 Å². The summed E-state index contributed by atoms with van der Waals surface area (Å²) >= 11 is 1.36. The molecular weight excluding hydrogens is 248 g/mol. The minimum Gasteiger partial charge on any atom is -0.374 e. The van der Waals surface area contributed by atoms with Crippen LogP contribution in [0.1, 0.15) is 32.9 Å². The molecule has 1 fully saturated rings. The first kappa shape index (κ1) is 13.3. The first-order chi connectivity index (χ1) is 8.61.